The van der Waals surface area contributed by atoms with Gasteiger partial charge in [-0.1, -0.05) is 71.9 Å². The number of anilines is 1. The molecular weight excluding hydrogens is 593 g/mol. The molecule has 1 N–H and O–H groups in total. The predicted octanol–water partition coefficient (Wildman–Crippen LogP) is 6.59. The van der Waals surface area contributed by atoms with E-state index >= 15 is 0 Å². The van der Waals surface area contributed by atoms with Crippen molar-refractivity contribution in [2.24, 2.45) is 0 Å². The van der Waals surface area contributed by atoms with Crippen LogP contribution in [0.25, 0.3) is 0 Å². The molecule has 0 aliphatic heterocycles. The number of carbonyl (C=O) groups excluding carboxylic acids is 2. The van der Waals surface area contributed by atoms with E-state index in [2.05, 4.69) is 5.32 Å². The third kappa shape index (κ3) is 7.28. The van der Waals surface area contributed by atoms with Gasteiger partial charge >= 0.3 is 0 Å². The van der Waals surface area contributed by atoms with E-state index < -0.39 is 28.5 Å². The van der Waals surface area contributed by atoms with Crippen LogP contribution < -0.4 is 9.62 Å². The first-order chi connectivity index (χ1) is 19.9. The second-order valence-corrected chi connectivity index (χ2v) is 13.7. The number of aryl methyl sites for hydroxylation is 2. The van der Waals surface area contributed by atoms with Gasteiger partial charge in [0.25, 0.3) is 10.0 Å². The fourth-order valence-electron chi connectivity index (χ4n) is 5.17. The van der Waals surface area contributed by atoms with Crippen LogP contribution in [-0.4, -0.2) is 43.8 Å². The van der Waals surface area contributed by atoms with Crippen molar-refractivity contribution in [3.8, 4) is 0 Å². The minimum Gasteiger partial charge on any atom is -0.352 e. The molecule has 0 unspecified atom stereocenters. The molecule has 3 aromatic carbocycles. The number of carbonyl (C=O) groups is 2. The van der Waals surface area contributed by atoms with Crippen LogP contribution in [-0.2, 0) is 26.2 Å². The van der Waals surface area contributed by atoms with Crippen LogP contribution in [0.3, 0.4) is 0 Å². The van der Waals surface area contributed by atoms with Crippen molar-refractivity contribution in [1.82, 2.24) is 10.2 Å². The van der Waals surface area contributed by atoms with Crippen molar-refractivity contribution in [3.05, 3.63) is 93.0 Å². The predicted molar refractivity (Wildman–Crippen MR) is 168 cm³/mol. The number of halogens is 2. The summed E-state index contributed by atoms with van der Waals surface area (Å²) < 4.78 is 29.3. The first kappa shape index (κ1) is 31.9. The number of hydrogen-bond acceptors (Lipinski definition) is 4. The molecule has 42 heavy (non-hydrogen) atoms. The lowest BCUT2D eigenvalue weighted by molar-refractivity contribution is -0.139. The molecule has 224 valence electrons. The van der Waals surface area contributed by atoms with Crippen molar-refractivity contribution in [3.63, 3.8) is 0 Å². The summed E-state index contributed by atoms with van der Waals surface area (Å²) in [5.74, 6) is -0.804. The zero-order valence-corrected chi connectivity index (χ0v) is 26.7. The second-order valence-electron chi connectivity index (χ2n) is 11.0. The summed E-state index contributed by atoms with van der Waals surface area (Å²) in [5.41, 5.74) is 3.61. The summed E-state index contributed by atoms with van der Waals surface area (Å²) >= 11 is 12.4. The van der Waals surface area contributed by atoms with E-state index in [9.17, 15) is 18.0 Å². The Balaban J connectivity index is 1.73. The summed E-state index contributed by atoms with van der Waals surface area (Å²) in [5, 5.41) is 3.77. The van der Waals surface area contributed by atoms with Gasteiger partial charge in [-0.05, 0) is 87.6 Å². The van der Waals surface area contributed by atoms with E-state index in [1.807, 2.05) is 26.8 Å². The Morgan fingerprint density at radius 2 is 1.62 bits per heavy atom. The lowest BCUT2D eigenvalue weighted by atomic mass is 10.1. The molecule has 0 saturated heterocycles. The monoisotopic (exact) mass is 629 g/mol. The molecule has 0 aromatic heterocycles. The number of nitrogens with zero attached hydrogens (tertiary/aromatic N) is 2. The van der Waals surface area contributed by atoms with Crippen LogP contribution in [0.15, 0.2) is 65.6 Å². The van der Waals surface area contributed by atoms with Gasteiger partial charge in [-0.3, -0.25) is 13.9 Å². The van der Waals surface area contributed by atoms with Gasteiger partial charge < -0.3 is 10.2 Å². The Morgan fingerprint density at radius 3 is 2.26 bits per heavy atom. The molecule has 10 heteroatoms. The summed E-state index contributed by atoms with van der Waals surface area (Å²) in [6, 6.07) is 16.1. The van der Waals surface area contributed by atoms with E-state index in [-0.39, 0.29) is 23.4 Å². The molecule has 1 aliphatic rings. The highest BCUT2D eigenvalue weighted by atomic mass is 35.5. The quantitative estimate of drug-likeness (QED) is 0.274. The van der Waals surface area contributed by atoms with Crippen LogP contribution in [0.4, 0.5) is 5.69 Å². The van der Waals surface area contributed by atoms with E-state index in [0.29, 0.717) is 21.3 Å². The number of benzene rings is 3. The van der Waals surface area contributed by atoms with Crippen LogP contribution in [0.1, 0.15) is 54.9 Å². The number of sulfonamides is 1. The van der Waals surface area contributed by atoms with Crippen LogP contribution in [0, 0.1) is 20.8 Å². The molecule has 0 radical (unpaired) electrons. The lowest BCUT2D eigenvalue weighted by Gasteiger charge is -2.33. The van der Waals surface area contributed by atoms with E-state index in [4.69, 9.17) is 23.2 Å². The Hall–Kier alpha value is -3.07. The van der Waals surface area contributed by atoms with Gasteiger partial charge in [-0.2, -0.15) is 0 Å². The maximum atomic E-state index is 14.2. The summed E-state index contributed by atoms with van der Waals surface area (Å²) in [7, 11) is -4.14. The highest BCUT2D eigenvalue weighted by Gasteiger charge is 2.34. The number of rotatable bonds is 10. The standard InChI is InChI=1S/C32H37Cl2N3O4S/c1-21-12-15-27(16-13-21)42(40,41)37(30-11-7-8-22(2)23(30)3)20-31(38)36(19-25-14-17-28(33)29(34)18-25)24(4)32(39)35-26-9-5-6-10-26/h7-8,11-18,24,26H,5-6,9-10,19-20H2,1-4H3,(H,35,39)/t24-/m0/s1. The van der Waals surface area contributed by atoms with E-state index in [1.54, 1.807) is 61.5 Å². The molecule has 0 spiro atoms. The van der Waals surface area contributed by atoms with Gasteiger partial charge in [0.2, 0.25) is 11.8 Å². The lowest BCUT2D eigenvalue weighted by Crippen LogP contribution is -2.52. The molecule has 1 saturated carbocycles. The summed E-state index contributed by atoms with van der Waals surface area (Å²) in [4.78, 5) is 29.0. The second kappa shape index (κ2) is 13.5. The average molecular weight is 631 g/mol. The average Bonchev–Trinajstić information content (AvgIpc) is 3.46. The van der Waals surface area contributed by atoms with Crippen molar-refractivity contribution in [2.45, 2.75) is 76.9 Å². The maximum Gasteiger partial charge on any atom is 0.264 e. The molecule has 0 heterocycles. The fourth-order valence-corrected chi connectivity index (χ4v) is 6.96. The molecule has 3 aromatic rings. The molecule has 2 amide bonds. The normalized spacial score (nSPS) is 14.4. The fraction of sp³-hybridized carbons (Fsp3) is 0.375. The van der Waals surface area contributed by atoms with Gasteiger partial charge in [0.1, 0.15) is 12.6 Å². The molecule has 1 atom stereocenters. The number of hydrogen-bond donors (Lipinski definition) is 1. The Bertz CT molecular complexity index is 1550. The Morgan fingerprint density at radius 1 is 0.952 bits per heavy atom. The zero-order chi connectivity index (χ0) is 30.6. The third-order valence-corrected chi connectivity index (χ3v) is 10.5. The van der Waals surface area contributed by atoms with Gasteiger partial charge in [-0.25, -0.2) is 8.42 Å². The number of nitrogens with one attached hydrogen (secondary N) is 1. The minimum atomic E-state index is -4.14. The van der Waals surface area contributed by atoms with Crippen LogP contribution in [0.2, 0.25) is 10.0 Å². The van der Waals surface area contributed by atoms with Crippen molar-refractivity contribution < 1.29 is 18.0 Å². The van der Waals surface area contributed by atoms with Crippen molar-refractivity contribution in [2.75, 3.05) is 10.8 Å². The maximum absolute atomic E-state index is 14.2. The summed E-state index contributed by atoms with van der Waals surface area (Å²) in [6.07, 6.45) is 3.89. The molecule has 1 aliphatic carbocycles. The highest BCUT2D eigenvalue weighted by molar-refractivity contribution is 7.92. The molecular formula is C32H37Cl2N3O4S. The van der Waals surface area contributed by atoms with Gasteiger partial charge in [0.05, 0.1) is 20.6 Å². The molecule has 1 fully saturated rings. The van der Waals surface area contributed by atoms with E-state index in [1.165, 1.54) is 4.90 Å². The zero-order valence-electron chi connectivity index (χ0n) is 24.4. The van der Waals surface area contributed by atoms with Gasteiger partial charge in [0.15, 0.2) is 0 Å². The Labute approximate surface area is 258 Å². The largest absolute Gasteiger partial charge is 0.352 e. The van der Waals surface area contributed by atoms with Crippen LogP contribution >= 0.6 is 23.2 Å². The SMILES string of the molecule is Cc1ccc(S(=O)(=O)N(CC(=O)N(Cc2ccc(Cl)c(Cl)c2)[C@@H](C)C(=O)NC2CCCC2)c2cccc(C)c2C)cc1. The topological polar surface area (TPSA) is 86.8 Å². The van der Waals surface area contributed by atoms with E-state index in [0.717, 1.165) is 46.7 Å². The summed E-state index contributed by atoms with van der Waals surface area (Å²) in [6.45, 7) is 6.81. The van der Waals surface area contributed by atoms with Crippen molar-refractivity contribution >= 4 is 50.7 Å². The number of amides is 2. The molecule has 7 nitrogen and oxygen atoms in total. The van der Waals surface area contributed by atoms with Crippen LogP contribution in [0.5, 0.6) is 0 Å². The first-order valence-electron chi connectivity index (χ1n) is 14.1. The van der Waals surface area contributed by atoms with Crippen molar-refractivity contribution in [1.29, 1.82) is 0 Å². The van der Waals surface area contributed by atoms with Gasteiger partial charge in [0, 0.05) is 12.6 Å². The highest BCUT2D eigenvalue weighted by Crippen LogP contribution is 2.30. The smallest absolute Gasteiger partial charge is 0.264 e. The molecule has 4 rings (SSSR count). The molecule has 0 bridgehead atoms. The first-order valence-corrected chi connectivity index (χ1v) is 16.3. The van der Waals surface area contributed by atoms with Gasteiger partial charge in [-0.15, -0.1) is 0 Å². The Kier molecular flexibility index (Phi) is 10.2. The minimum absolute atomic E-state index is 0.0419. The third-order valence-electron chi connectivity index (χ3n) is 7.94.